The van der Waals surface area contributed by atoms with E-state index in [0.717, 1.165) is 12.8 Å². The highest BCUT2D eigenvalue weighted by Gasteiger charge is 2.43. The molecule has 0 aromatic heterocycles. The fourth-order valence-electron chi connectivity index (χ4n) is 2.13. The van der Waals surface area contributed by atoms with Crippen molar-refractivity contribution in [3.8, 4) is 0 Å². The number of nitrogens with one attached hydrogen (secondary N) is 2. The van der Waals surface area contributed by atoms with E-state index in [4.69, 9.17) is 0 Å². The molecule has 0 saturated heterocycles. The number of carbonyl (C=O) groups is 2. The molecule has 0 bridgehead atoms. The van der Waals surface area contributed by atoms with E-state index < -0.39 is 17.5 Å². The van der Waals surface area contributed by atoms with Crippen molar-refractivity contribution in [3.63, 3.8) is 0 Å². The Morgan fingerprint density at radius 1 is 1.33 bits per heavy atom. The van der Waals surface area contributed by atoms with Crippen molar-refractivity contribution in [3.05, 3.63) is 35.9 Å². The highest BCUT2D eigenvalue weighted by atomic mass is 32.2. The molecular formula is C15H20N2O3S. The Kier molecular flexibility index (Phi) is 4.46. The van der Waals surface area contributed by atoms with Crippen molar-refractivity contribution in [2.45, 2.75) is 30.1 Å². The van der Waals surface area contributed by atoms with E-state index in [0.29, 0.717) is 12.1 Å². The van der Waals surface area contributed by atoms with E-state index in [9.17, 15) is 14.7 Å². The van der Waals surface area contributed by atoms with Crippen LogP contribution < -0.4 is 10.6 Å². The van der Waals surface area contributed by atoms with Crippen LogP contribution in [0.15, 0.2) is 30.3 Å². The van der Waals surface area contributed by atoms with Crippen LogP contribution in [0.1, 0.15) is 25.3 Å². The molecule has 0 aliphatic heterocycles. The van der Waals surface area contributed by atoms with Crippen molar-refractivity contribution in [2.75, 3.05) is 12.8 Å². The fraction of sp³-hybridized carbons (Fsp3) is 0.467. The van der Waals surface area contributed by atoms with E-state index in [-0.39, 0.29) is 4.75 Å². The quantitative estimate of drug-likeness (QED) is 0.752. The number of benzene rings is 1. The van der Waals surface area contributed by atoms with E-state index in [1.165, 1.54) is 6.92 Å². The first-order valence-electron chi connectivity index (χ1n) is 6.82. The zero-order valence-electron chi connectivity index (χ0n) is 12.2. The fourth-order valence-corrected chi connectivity index (χ4v) is 2.85. The average molecular weight is 308 g/mol. The van der Waals surface area contributed by atoms with E-state index in [2.05, 4.69) is 10.6 Å². The predicted octanol–water partition coefficient (Wildman–Crippen LogP) is 2.18. The Labute approximate surface area is 128 Å². The number of thioether (sulfide) groups is 1. The third-order valence-electron chi connectivity index (χ3n) is 3.95. The molecule has 2 amide bonds. The summed E-state index contributed by atoms with van der Waals surface area (Å²) in [7, 11) is 0. The van der Waals surface area contributed by atoms with Gasteiger partial charge < -0.3 is 15.7 Å². The maximum Gasteiger partial charge on any atom is 0.333 e. The molecule has 0 radical (unpaired) electrons. The largest absolute Gasteiger partial charge is 0.479 e. The van der Waals surface area contributed by atoms with Gasteiger partial charge in [0.1, 0.15) is 0 Å². The molecular weight excluding hydrogens is 288 g/mol. The molecule has 1 atom stereocenters. The molecule has 1 saturated carbocycles. The Balaban J connectivity index is 2.03. The summed E-state index contributed by atoms with van der Waals surface area (Å²) in [6.45, 7) is 2.05. The lowest BCUT2D eigenvalue weighted by molar-refractivity contribution is -0.144. The number of carboxylic acid groups (broad SMARTS) is 1. The van der Waals surface area contributed by atoms with Gasteiger partial charge in [0.25, 0.3) is 0 Å². The zero-order valence-corrected chi connectivity index (χ0v) is 13.0. The number of rotatable bonds is 6. The molecule has 6 heteroatoms. The van der Waals surface area contributed by atoms with Crippen molar-refractivity contribution < 1.29 is 14.7 Å². The molecule has 1 unspecified atom stereocenters. The second kappa shape index (κ2) is 5.97. The van der Waals surface area contributed by atoms with Crippen molar-refractivity contribution in [1.82, 2.24) is 10.6 Å². The molecule has 1 aromatic rings. The van der Waals surface area contributed by atoms with E-state index >= 15 is 0 Å². The Bertz CT molecular complexity index is 531. The summed E-state index contributed by atoms with van der Waals surface area (Å²) in [6, 6.07) is 8.24. The topological polar surface area (TPSA) is 78.4 Å². The minimum absolute atomic E-state index is 0.143. The smallest absolute Gasteiger partial charge is 0.333 e. The molecule has 1 aromatic carbocycles. The van der Waals surface area contributed by atoms with Gasteiger partial charge in [0.05, 0.1) is 0 Å². The summed E-state index contributed by atoms with van der Waals surface area (Å²) in [6.07, 6.45) is 4.20. The highest BCUT2D eigenvalue weighted by molar-refractivity contribution is 8.00. The van der Waals surface area contributed by atoms with Gasteiger partial charge in [-0.1, -0.05) is 30.3 Å². The number of carbonyl (C=O) groups excluding carboxylic acids is 1. The summed E-state index contributed by atoms with van der Waals surface area (Å²) in [5, 5.41) is 14.8. The predicted molar refractivity (Wildman–Crippen MR) is 83.4 cm³/mol. The van der Waals surface area contributed by atoms with Crippen LogP contribution in [0.3, 0.4) is 0 Å². The second-order valence-electron chi connectivity index (χ2n) is 5.49. The highest BCUT2D eigenvalue weighted by Crippen LogP contribution is 2.46. The van der Waals surface area contributed by atoms with Crippen LogP contribution in [0.25, 0.3) is 0 Å². The number of aliphatic carboxylic acids is 1. The number of hydrogen-bond acceptors (Lipinski definition) is 3. The van der Waals surface area contributed by atoms with E-state index in [1.807, 2.05) is 6.26 Å². The van der Waals surface area contributed by atoms with Gasteiger partial charge in [-0.15, -0.1) is 0 Å². The number of urea groups is 1. The average Bonchev–Trinajstić information content (AvgIpc) is 3.26. The Morgan fingerprint density at radius 3 is 2.43 bits per heavy atom. The van der Waals surface area contributed by atoms with Crippen molar-refractivity contribution in [1.29, 1.82) is 0 Å². The lowest BCUT2D eigenvalue weighted by Crippen LogP contribution is -2.53. The minimum atomic E-state index is -1.44. The summed E-state index contributed by atoms with van der Waals surface area (Å²) >= 11 is 1.74. The molecule has 5 nitrogen and oxygen atoms in total. The molecule has 1 aliphatic rings. The molecule has 0 heterocycles. The molecule has 21 heavy (non-hydrogen) atoms. The normalized spacial score (nSPS) is 18.4. The number of hydrogen-bond donors (Lipinski definition) is 3. The second-order valence-corrected chi connectivity index (χ2v) is 6.77. The molecule has 1 aliphatic carbocycles. The third-order valence-corrected chi connectivity index (χ3v) is 5.37. The standard InChI is InChI=1S/C15H20N2O3S/c1-14(12(18)19,11-6-4-3-5-7-11)17-13(20)16-10-15(21-2)8-9-15/h3-7H,8-10H2,1-2H3,(H,18,19)(H2,16,17,20). The maximum absolute atomic E-state index is 12.0. The summed E-state index contributed by atoms with van der Waals surface area (Å²) in [4.78, 5) is 23.6. The first kappa shape index (κ1) is 15.7. The van der Waals surface area contributed by atoms with Crippen molar-refractivity contribution >= 4 is 23.8 Å². The summed E-state index contributed by atoms with van der Waals surface area (Å²) < 4.78 is 0.143. The summed E-state index contributed by atoms with van der Waals surface area (Å²) in [5.41, 5.74) is -0.903. The van der Waals surface area contributed by atoms with Crippen LogP contribution in [0.2, 0.25) is 0 Å². The van der Waals surface area contributed by atoms with Crippen LogP contribution in [-0.2, 0) is 10.3 Å². The van der Waals surface area contributed by atoms with Gasteiger partial charge in [-0.05, 0) is 31.6 Å². The Morgan fingerprint density at radius 2 is 1.95 bits per heavy atom. The lowest BCUT2D eigenvalue weighted by atomic mass is 9.92. The van der Waals surface area contributed by atoms with Gasteiger partial charge in [-0.3, -0.25) is 0 Å². The van der Waals surface area contributed by atoms with Crippen molar-refractivity contribution in [2.24, 2.45) is 0 Å². The van der Waals surface area contributed by atoms with Crippen LogP contribution in [0.4, 0.5) is 4.79 Å². The third kappa shape index (κ3) is 3.50. The van der Waals surface area contributed by atoms with Gasteiger partial charge in [0, 0.05) is 11.3 Å². The van der Waals surface area contributed by atoms with Crippen LogP contribution >= 0.6 is 11.8 Å². The lowest BCUT2D eigenvalue weighted by Gasteiger charge is -2.27. The maximum atomic E-state index is 12.0. The van der Waals surface area contributed by atoms with Crippen LogP contribution in [0, 0.1) is 0 Å². The molecule has 3 N–H and O–H groups in total. The van der Waals surface area contributed by atoms with Gasteiger partial charge in [-0.25, -0.2) is 9.59 Å². The van der Waals surface area contributed by atoms with E-state index in [1.54, 1.807) is 42.1 Å². The SMILES string of the molecule is CSC1(CNC(=O)NC(C)(C(=O)O)c2ccccc2)CC1. The molecule has 2 rings (SSSR count). The van der Waals surface area contributed by atoms with Gasteiger partial charge in [0.2, 0.25) is 0 Å². The minimum Gasteiger partial charge on any atom is -0.479 e. The molecule has 114 valence electrons. The summed E-state index contributed by atoms with van der Waals surface area (Å²) in [5.74, 6) is -1.09. The first-order valence-corrected chi connectivity index (χ1v) is 8.04. The molecule has 1 fully saturated rings. The van der Waals surface area contributed by atoms with Gasteiger partial charge >= 0.3 is 12.0 Å². The van der Waals surface area contributed by atoms with Gasteiger partial charge in [0.15, 0.2) is 5.54 Å². The number of amides is 2. The first-order chi connectivity index (χ1) is 9.92. The number of carboxylic acids is 1. The monoisotopic (exact) mass is 308 g/mol. The zero-order chi connectivity index (χ0) is 15.5. The molecule has 0 spiro atoms. The van der Waals surface area contributed by atoms with Crippen LogP contribution in [-0.4, -0.2) is 34.7 Å². The van der Waals surface area contributed by atoms with Crippen LogP contribution in [0.5, 0.6) is 0 Å². The van der Waals surface area contributed by atoms with Gasteiger partial charge in [-0.2, -0.15) is 11.8 Å². The Hall–Kier alpha value is -1.69.